The third-order valence-electron chi connectivity index (χ3n) is 7.77. The number of hydrogen-bond donors (Lipinski definition) is 3. The zero-order valence-electron chi connectivity index (χ0n) is 22.8. The quantitative estimate of drug-likeness (QED) is 0.300. The number of carbonyl (C=O) groups is 2. The molecule has 1 aromatic heterocycles. The first-order valence-electron chi connectivity index (χ1n) is 14.0. The SMILES string of the molecule is CC(C)C[C@H](NC(=O)CCC1CCCCC1)C(=O)N[C@H]1CC[C@@H](C)N(S(=O)(=O)c2cccc[n+]2[O-])C[C@@H]1O. The molecule has 11 heteroatoms. The van der Waals surface area contributed by atoms with Crippen LogP contribution < -0.4 is 15.4 Å². The minimum Gasteiger partial charge on any atom is -0.618 e. The Morgan fingerprint density at radius 1 is 1.16 bits per heavy atom. The van der Waals surface area contributed by atoms with E-state index in [1.165, 1.54) is 37.5 Å². The largest absolute Gasteiger partial charge is 0.618 e. The third kappa shape index (κ3) is 8.13. The van der Waals surface area contributed by atoms with Gasteiger partial charge in [0.05, 0.1) is 12.1 Å². The summed E-state index contributed by atoms with van der Waals surface area (Å²) in [5, 5.41) is 28.5. The lowest BCUT2D eigenvalue weighted by Crippen LogP contribution is -2.54. The van der Waals surface area contributed by atoms with Crippen LogP contribution in [0.25, 0.3) is 0 Å². The number of nitrogens with one attached hydrogen (secondary N) is 2. The first-order valence-corrected chi connectivity index (χ1v) is 15.4. The van der Waals surface area contributed by atoms with Gasteiger partial charge in [0.2, 0.25) is 11.8 Å². The molecule has 0 aromatic carbocycles. The number of aromatic nitrogens is 1. The van der Waals surface area contributed by atoms with Gasteiger partial charge in [0, 0.05) is 31.1 Å². The minimum absolute atomic E-state index is 0.141. The zero-order chi connectivity index (χ0) is 27.9. The summed E-state index contributed by atoms with van der Waals surface area (Å²) in [7, 11) is -4.16. The number of carbonyl (C=O) groups excluding carboxylic acids is 2. The van der Waals surface area contributed by atoms with Crippen LogP contribution in [0.2, 0.25) is 0 Å². The van der Waals surface area contributed by atoms with Crippen LogP contribution in [0.1, 0.15) is 85.0 Å². The van der Waals surface area contributed by atoms with Crippen molar-refractivity contribution < 1.29 is 27.8 Å². The lowest BCUT2D eigenvalue weighted by molar-refractivity contribution is -0.646. The Balaban J connectivity index is 1.63. The molecule has 10 nitrogen and oxygen atoms in total. The summed E-state index contributed by atoms with van der Waals surface area (Å²) in [6.45, 7) is 5.42. The van der Waals surface area contributed by atoms with Crippen molar-refractivity contribution in [1.29, 1.82) is 0 Å². The van der Waals surface area contributed by atoms with E-state index in [1.807, 2.05) is 13.8 Å². The average molecular weight is 553 g/mol. The molecule has 2 fully saturated rings. The highest BCUT2D eigenvalue weighted by atomic mass is 32.2. The number of β-amino-alcohol motifs (C(OH)–C–C–N with tert-alkyl or cyclic N) is 1. The molecule has 4 atom stereocenters. The van der Waals surface area contributed by atoms with Gasteiger partial charge in [-0.1, -0.05) is 46.0 Å². The molecular formula is C27H44N4O6S. The predicted molar refractivity (Wildman–Crippen MR) is 143 cm³/mol. The zero-order valence-corrected chi connectivity index (χ0v) is 23.7. The fraction of sp³-hybridized carbons (Fsp3) is 0.741. The summed E-state index contributed by atoms with van der Waals surface area (Å²) in [6, 6.07) is 2.25. The van der Waals surface area contributed by atoms with Crippen molar-refractivity contribution in [2.24, 2.45) is 11.8 Å². The number of aliphatic hydroxyl groups is 1. The normalized spacial score (nSPS) is 24.5. The van der Waals surface area contributed by atoms with Gasteiger partial charge in [-0.05, 0) is 50.5 Å². The maximum Gasteiger partial charge on any atom is 0.323 e. The van der Waals surface area contributed by atoms with Crippen molar-refractivity contribution in [3.63, 3.8) is 0 Å². The van der Waals surface area contributed by atoms with Gasteiger partial charge < -0.3 is 20.9 Å². The molecule has 1 aliphatic carbocycles. The van der Waals surface area contributed by atoms with Crippen LogP contribution in [0, 0.1) is 17.0 Å². The van der Waals surface area contributed by atoms with Crippen LogP contribution in [0.4, 0.5) is 0 Å². The van der Waals surface area contributed by atoms with E-state index in [4.69, 9.17) is 0 Å². The number of rotatable bonds is 10. The highest BCUT2D eigenvalue weighted by molar-refractivity contribution is 7.89. The van der Waals surface area contributed by atoms with Crippen LogP contribution in [-0.4, -0.2) is 60.4 Å². The summed E-state index contributed by atoms with van der Waals surface area (Å²) >= 11 is 0. The van der Waals surface area contributed by atoms with E-state index < -0.39 is 39.3 Å². The average Bonchev–Trinajstić information content (AvgIpc) is 3.01. The van der Waals surface area contributed by atoms with E-state index in [-0.39, 0.29) is 24.3 Å². The second kappa shape index (κ2) is 13.7. The number of aliphatic hydroxyl groups excluding tert-OH is 1. The van der Waals surface area contributed by atoms with Crippen LogP contribution in [0.15, 0.2) is 29.4 Å². The monoisotopic (exact) mass is 552 g/mol. The number of hydrogen-bond acceptors (Lipinski definition) is 6. The van der Waals surface area contributed by atoms with Gasteiger partial charge in [0.25, 0.3) is 0 Å². The predicted octanol–water partition coefficient (Wildman–Crippen LogP) is 2.23. The van der Waals surface area contributed by atoms with Crippen LogP contribution in [0.5, 0.6) is 0 Å². The molecule has 1 aliphatic heterocycles. The van der Waals surface area contributed by atoms with Gasteiger partial charge in [-0.3, -0.25) is 9.59 Å². The van der Waals surface area contributed by atoms with E-state index in [1.54, 1.807) is 6.92 Å². The summed E-state index contributed by atoms with van der Waals surface area (Å²) in [6.07, 6.45) is 8.38. The third-order valence-corrected chi connectivity index (χ3v) is 9.74. The van der Waals surface area contributed by atoms with Gasteiger partial charge in [0.15, 0.2) is 6.20 Å². The highest BCUT2D eigenvalue weighted by Crippen LogP contribution is 2.27. The van der Waals surface area contributed by atoms with Gasteiger partial charge >= 0.3 is 15.0 Å². The molecule has 2 amide bonds. The summed E-state index contributed by atoms with van der Waals surface area (Å²) < 4.78 is 27.9. The molecule has 2 heterocycles. The molecule has 3 N–H and O–H groups in total. The maximum absolute atomic E-state index is 13.3. The van der Waals surface area contributed by atoms with E-state index in [9.17, 15) is 28.3 Å². The molecular weight excluding hydrogens is 508 g/mol. The Bertz CT molecular complexity index is 1040. The van der Waals surface area contributed by atoms with Crippen LogP contribution in [-0.2, 0) is 19.6 Å². The highest BCUT2D eigenvalue weighted by Gasteiger charge is 2.40. The van der Waals surface area contributed by atoms with E-state index in [0.717, 1.165) is 29.8 Å². The summed E-state index contributed by atoms with van der Waals surface area (Å²) in [4.78, 5) is 26.0. The van der Waals surface area contributed by atoms with Crippen molar-refractivity contribution in [2.45, 2.75) is 114 Å². The van der Waals surface area contributed by atoms with Gasteiger partial charge in [-0.15, -0.1) is 0 Å². The van der Waals surface area contributed by atoms with Gasteiger partial charge in [-0.2, -0.15) is 9.04 Å². The molecule has 1 aromatic rings. The molecule has 0 radical (unpaired) electrons. The Hall–Kier alpha value is -2.24. The lowest BCUT2D eigenvalue weighted by Gasteiger charge is -2.28. The van der Waals surface area contributed by atoms with Crippen molar-refractivity contribution in [2.75, 3.05) is 6.54 Å². The Morgan fingerprint density at radius 2 is 1.87 bits per heavy atom. The molecule has 0 spiro atoms. The fourth-order valence-corrected chi connectivity index (χ4v) is 7.26. The Morgan fingerprint density at radius 3 is 2.53 bits per heavy atom. The molecule has 38 heavy (non-hydrogen) atoms. The van der Waals surface area contributed by atoms with E-state index in [2.05, 4.69) is 10.6 Å². The minimum atomic E-state index is -4.16. The van der Waals surface area contributed by atoms with Crippen LogP contribution in [0.3, 0.4) is 0 Å². The van der Waals surface area contributed by atoms with Crippen molar-refractivity contribution in [3.8, 4) is 0 Å². The number of nitrogens with zero attached hydrogens (tertiary/aromatic N) is 2. The molecule has 0 unspecified atom stereocenters. The topological polar surface area (TPSA) is 143 Å². The number of amides is 2. The smallest absolute Gasteiger partial charge is 0.323 e. The first kappa shape index (κ1) is 30.3. The summed E-state index contributed by atoms with van der Waals surface area (Å²) in [5.41, 5.74) is 0. The molecule has 214 valence electrons. The second-order valence-corrected chi connectivity index (χ2v) is 13.2. The first-order chi connectivity index (χ1) is 18.0. The van der Waals surface area contributed by atoms with Gasteiger partial charge in [-0.25, -0.2) is 8.42 Å². The molecule has 1 saturated carbocycles. The molecule has 2 aliphatic rings. The Labute approximate surface area is 226 Å². The maximum atomic E-state index is 13.3. The number of pyridine rings is 1. The van der Waals surface area contributed by atoms with E-state index in [0.29, 0.717) is 36.3 Å². The lowest BCUT2D eigenvalue weighted by atomic mass is 9.86. The van der Waals surface area contributed by atoms with Crippen molar-refractivity contribution >= 4 is 21.8 Å². The van der Waals surface area contributed by atoms with E-state index >= 15 is 0 Å². The van der Waals surface area contributed by atoms with Gasteiger partial charge in [0.1, 0.15) is 6.04 Å². The van der Waals surface area contributed by atoms with Crippen molar-refractivity contribution in [1.82, 2.24) is 14.9 Å². The summed E-state index contributed by atoms with van der Waals surface area (Å²) in [5.74, 6) is 0.214. The number of sulfonamides is 1. The second-order valence-electron chi connectivity index (χ2n) is 11.3. The van der Waals surface area contributed by atoms with Crippen LogP contribution >= 0.6 is 0 Å². The molecule has 3 rings (SSSR count). The molecule has 1 saturated heterocycles. The fourth-order valence-electron chi connectivity index (χ4n) is 5.55. The Kier molecular flexibility index (Phi) is 10.9. The standard InChI is InChI=1S/C27H44N4O6S/c1-19(2)17-23(28-25(33)15-13-21-9-5-4-6-10-21)27(34)29-22-14-12-20(3)31(18-24(22)32)38(36,37)26-11-7-8-16-30(26)35/h7-8,11,16,19-24,32H,4-6,9-10,12-15,17-18H2,1-3H3,(H,28,33)(H,29,34)/t20-,22+,23+,24+/m1/s1. The molecule has 0 bridgehead atoms. The van der Waals surface area contributed by atoms with Crippen molar-refractivity contribution in [3.05, 3.63) is 29.6 Å².